The second-order valence-corrected chi connectivity index (χ2v) is 9.38. The predicted molar refractivity (Wildman–Crippen MR) is 113 cm³/mol. The van der Waals surface area contributed by atoms with Crippen molar-refractivity contribution < 1.29 is 9.18 Å². The van der Waals surface area contributed by atoms with Crippen molar-refractivity contribution in [3.63, 3.8) is 0 Å². The van der Waals surface area contributed by atoms with E-state index in [4.69, 9.17) is 5.10 Å². The molecule has 0 fully saturated rings. The number of nitrogens with zero attached hydrogens (tertiary/aromatic N) is 2. The van der Waals surface area contributed by atoms with Crippen LogP contribution in [0.3, 0.4) is 0 Å². The van der Waals surface area contributed by atoms with Gasteiger partial charge in [0.25, 0.3) is 0 Å². The SMILES string of the molecule is Cc1nn(-c2ccc(F)cc2)c2c1[C@@H](c1ccsc1)[C@H]1C(=O)CC(C)(C)C=C1N2. The largest absolute Gasteiger partial charge is 0.343 e. The molecule has 1 N–H and O–H groups in total. The van der Waals surface area contributed by atoms with E-state index >= 15 is 0 Å². The van der Waals surface area contributed by atoms with E-state index in [1.807, 2.05) is 11.6 Å². The Kier molecular flexibility index (Phi) is 4.03. The first-order valence-electron chi connectivity index (χ1n) is 9.74. The van der Waals surface area contributed by atoms with Crippen LogP contribution in [0.2, 0.25) is 0 Å². The first kappa shape index (κ1) is 18.3. The average molecular weight is 408 g/mol. The maximum atomic E-state index is 13.5. The zero-order valence-corrected chi connectivity index (χ0v) is 17.4. The summed E-state index contributed by atoms with van der Waals surface area (Å²) >= 11 is 1.64. The van der Waals surface area contributed by atoms with E-state index in [2.05, 4.69) is 42.1 Å². The lowest BCUT2D eigenvalue weighted by Crippen LogP contribution is -2.39. The third-order valence-electron chi connectivity index (χ3n) is 5.85. The Morgan fingerprint density at radius 1 is 1.21 bits per heavy atom. The summed E-state index contributed by atoms with van der Waals surface area (Å²) < 4.78 is 15.3. The number of fused-ring (bicyclic) bond motifs is 2. The van der Waals surface area contributed by atoms with Gasteiger partial charge in [0, 0.05) is 23.6 Å². The van der Waals surface area contributed by atoms with E-state index < -0.39 is 0 Å². The molecule has 2 aliphatic rings. The van der Waals surface area contributed by atoms with Gasteiger partial charge in [-0.05, 0) is 59.0 Å². The number of Topliss-reactive ketones (excluding diaryl/α,β-unsaturated/α-hetero) is 1. The van der Waals surface area contributed by atoms with E-state index in [1.165, 1.54) is 12.1 Å². The van der Waals surface area contributed by atoms with Crippen molar-refractivity contribution in [1.82, 2.24) is 9.78 Å². The molecule has 0 amide bonds. The van der Waals surface area contributed by atoms with Crippen LogP contribution in [0.4, 0.5) is 10.2 Å². The van der Waals surface area contributed by atoms with Gasteiger partial charge in [-0.3, -0.25) is 4.79 Å². The topological polar surface area (TPSA) is 46.9 Å². The van der Waals surface area contributed by atoms with Gasteiger partial charge in [0.15, 0.2) is 0 Å². The van der Waals surface area contributed by atoms with Crippen LogP contribution in [0.15, 0.2) is 52.9 Å². The highest BCUT2D eigenvalue weighted by molar-refractivity contribution is 7.08. The van der Waals surface area contributed by atoms with E-state index in [0.717, 1.165) is 34.0 Å². The normalized spacial score (nSPS) is 22.5. The van der Waals surface area contributed by atoms with Gasteiger partial charge < -0.3 is 5.32 Å². The number of rotatable bonds is 2. The molecule has 2 aromatic heterocycles. The van der Waals surface area contributed by atoms with E-state index in [-0.39, 0.29) is 28.9 Å². The summed E-state index contributed by atoms with van der Waals surface area (Å²) in [6.45, 7) is 6.16. The number of benzene rings is 1. The second kappa shape index (κ2) is 6.39. The fraction of sp³-hybridized carbons (Fsp3) is 0.304. The number of hydrogen-bond donors (Lipinski definition) is 1. The number of aromatic nitrogens is 2. The number of hydrogen-bond acceptors (Lipinski definition) is 4. The Morgan fingerprint density at radius 3 is 2.66 bits per heavy atom. The van der Waals surface area contributed by atoms with Gasteiger partial charge in [0.2, 0.25) is 0 Å². The number of thiophene rings is 1. The second-order valence-electron chi connectivity index (χ2n) is 8.60. The third-order valence-corrected chi connectivity index (χ3v) is 6.55. The minimum absolute atomic E-state index is 0.0680. The predicted octanol–water partition coefficient (Wildman–Crippen LogP) is 5.44. The summed E-state index contributed by atoms with van der Waals surface area (Å²) in [7, 11) is 0. The molecule has 1 aliphatic carbocycles. The summed E-state index contributed by atoms with van der Waals surface area (Å²) in [5, 5.41) is 12.5. The van der Waals surface area contributed by atoms with Crippen LogP contribution in [0.25, 0.3) is 5.69 Å². The van der Waals surface area contributed by atoms with Gasteiger partial charge in [0.1, 0.15) is 17.4 Å². The first-order chi connectivity index (χ1) is 13.8. The molecule has 5 rings (SSSR count). The zero-order chi connectivity index (χ0) is 20.3. The Bertz CT molecular complexity index is 1130. The average Bonchev–Trinajstić information content (AvgIpc) is 3.28. The van der Waals surface area contributed by atoms with Crippen LogP contribution in [0.1, 0.15) is 43.0 Å². The van der Waals surface area contributed by atoms with Crippen molar-refractivity contribution in [2.75, 3.05) is 5.32 Å². The summed E-state index contributed by atoms with van der Waals surface area (Å²) in [4.78, 5) is 13.2. The molecule has 2 atom stereocenters. The summed E-state index contributed by atoms with van der Waals surface area (Å²) in [6, 6.07) is 8.42. The summed E-state index contributed by atoms with van der Waals surface area (Å²) in [6.07, 6.45) is 2.72. The molecule has 3 heterocycles. The number of halogens is 1. The molecule has 6 heteroatoms. The highest BCUT2D eigenvalue weighted by atomic mass is 32.1. The summed E-state index contributed by atoms with van der Waals surface area (Å²) in [5.41, 5.74) is 4.60. The first-order valence-corrected chi connectivity index (χ1v) is 10.7. The molecule has 0 spiro atoms. The standard InChI is InChI=1S/C23H22FN3OS/c1-13-19-20(14-8-9-29-12-14)21-17(10-23(2,3)11-18(21)28)25-22(19)27(26-13)16-6-4-15(24)5-7-16/h4-10,12,20-21,25H,11H2,1-3H3/t20-,21-/m1/s1. The lowest BCUT2D eigenvalue weighted by atomic mass is 9.67. The molecule has 3 aromatic rings. The van der Waals surface area contributed by atoms with Crippen molar-refractivity contribution in [2.45, 2.75) is 33.1 Å². The number of allylic oxidation sites excluding steroid dienone is 2. The Morgan fingerprint density at radius 2 is 1.97 bits per heavy atom. The fourth-order valence-electron chi connectivity index (χ4n) is 4.69. The molecular weight excluding hydrogens is 385 g/mol. The van der Waals surface area contributed by atoms with Crippen molar-refractivity contribution in [3.8, 4) is 5.69 Å². The van der Waals surface area contributed by atoms with Gasteiger partial charge in [-0.1, -0.05) is 19.9 Å². The number of carbonyl (C=O) groups excluding carboxylic acids is 1. The monoisotopic (exact) mass is 407 g/mol. The van der Waals surface area contributed by atoms with Crippen LogP contribution in [0, 0.1) is 24.1 Å². The van der Waals surface area contributed by atoms with Gasteiger partial charge in [-0.2, -0.15) is 16.4 Å². The van der Waals surface area contributed by atoms with E-state index in [0.29, 0.717) is 6.42 Å². The summed E-state index contributed by atoms with van der Waals surface area (Å²) in [5.74, 6) is 0.545. The number of carbonyl (C=O) groups is 1. The Labute approximate surface area is 173 Å². The third kappa shape index (κ3) is 2.94. The molecule has 0 saturated carbocycles. The van der Waals surface area contributed by atoms with Gasteiger partial charge >= 0.3 is 0 Å². The lowest BCUT2D eigenvalue weighted by Gasteiger charge is -2.40. The van der Waals surface area contributed by atoms with Crippen LogP contribution >= 0.6 is 11.3 Å². The quantitative estimate of drug-likeness (QED) is 0.615. The van der Waals surface area contributed by atoms with Gasteiger partial charge in [-0.15, -0.1) is 0 Å². The highest BCUT2D eigenvalue weighted by Gasteiger charge is 2.46. The lowest BCUT2D eigenvalue weighted by molar-refractivity contribution is -0.124. The Hall–Kier alpha value is -2.73. The molecule has 0 bridgehead atoms. The zero-order valence-electron chi connectivity index (χ0n) is 16.6. The molecular formula is C23H22FN3OS. The van der Waals surface area contributed by atoms with Crippen molar-refractivity contribution in [1.29, 1.82) is 0 Å². The molecule has 4 nitrogen and oxygen atoms in total. The van der Waals surface area contributed by atoms with Crippen molar-refractivity contribution in [3.05, 3.63) is 75.5 Å². The molecule has 0 saturated heterocycles. The number of ketones is 1. The van der Waals surface area contributed by atoms with E-state index in [1.54, 1.807) is 23.5 Å². The van der Waals surface area contributed by atoms with Crippen LogP contribution in [0.5, 0.6) is 0 Å². The maximum absolute atomic E-state index is 13.5. The number of nitrogens with one attached hydrogen (secondary N) is 1. The Balaban J connectivity index is 1.75. The number of anilines is 1. The molecule has 1 aliphatic heterocycles. The van der Waals surface area contributed by atoms with Crippen LogP contribution in [-0.2, 0) is 4.79 Å². The fourth-order valence-corrected chi connectivity index (χ4v) is 5.39. The van der Waals surface area contributed by atoms with Gasteiger partial charge in [-0.25, -0.2) is 9.07 Å². The highest BCUT2D eigenvalue weighted by Crippen LogP contribution is 2.51. The molecule has 148 valence electrons. The molecule has 0 radical (unpaired) electrons. The molecule has 1 aromatic carbocycles. The van der Waals surface area contributed by atoms with E-state index in [9.17, 15) is 9.18 Å². The van der Waals surface area contributed by atoms with Crippen molar-refractivity contribution in [2.24, 2.45) is 11.3 Å². The smallest absolute Gasteiger partial charge is 0.143 e. The van der Waals surface area contributed by atoms with Crippen molar-refractivity contribution >= 4 is 22.9 Å². The number of aryl methyl sites for hydroxylation is 1. The maximum Gasteiger partial charge on any atom is 0.143 e. The minimum atomic E-state index is -0.280. The van der Waals surface area contributed by atoms with Gasteiger partial charge in [0.05, 0.1) is 17.3 Å². The minimum Gasteiger partial charge on any atom is -0.343 e. The molecule has 29 heavy (non-hydrogen) atoms. The van der Waals surface area contributed by atoms with Crippen LogP contribution in [-0.4, -0.2) is 15.6 Å². The molecule has 0 unspecified atom stereocenters. The van der Waals surface area contributed by atoms with Crippen LogP contribution < -0.4 is 5.32 Å².